The summed E-state index contributed by atoms with van der Waals surface area (Å²) in [6.07, 6.45) is 0.515. The second-order valence-electron chi connectivity index (χ2n) is 4.84. The normalized spacial score (nSPS) is 16.6. The molecule has 1 heterocycles. The van der Waals surface area contributed by atoms with Gasteiger partial charge in [-0.3, -0.25) is 9.59 Å². The summed E-state index contributed by atoms with van der Waals surface area (Å²) in [6.45, 7) is 3.92. The van der Waals surface area contributed by atoms with Crippen molar-refractivity contribution in [2.24, 2.45) is 5.92 Å². The van der Waals surface area contributed by atoms with E-state index in [9.17, 15) is 14.4 Å². The van der Waals surface area contributed by atoms with Crippen LogP contribution >= 0.6 is 11.8 Å². The lowest BCUT2D eigenvalue weighted by molar-refractivity contribution is -0.145. The first-order valence-corrected chi connectivity index (χ1v) is 7.32. The Bertz CT molecular complexity index is 360. The van der Waals surface area contributed by atoms with Gasteiger partial charge in [0.15, 0.2) is 0 Å². The first-order chi connectivity index (χ1) is 8.93. The van der Waals surface area contributed by atoms with E-state index in [4.69, 9.17) is 0 Å². The summed E-state index contributed by atoms with van der Waals surface area (Å²) in [7, 11) is 1.29. The van der Waals surface area contributed by atoms with E-state index in [0.29, 0.717) is 18.1 Å². The highest BCUT2D eigenvalue weighted by Gasteiger charge is 2.26. The number of carbonyl (C=O) groups excluding carboxylic acids is 3. The van der Waals surface area contributed by atoms with E-state index in [2.05, 4.69) is 10.1 Å². The predicted molar refractivity (Wildman–Crippen MR) is 72.4 cm³/mol. The lowest BCUT2D eigenvalue weighted by atomic mass is 10.0. The Morgan fingerprint density at radius 1 is 1.47 bits per heavy atom. The van der Waals surface area contributed by atoms with Gasteiger partial charge in [0, 0.05) is 0 Å². The average molecular weight is 288 g/mol. The molecule has 0 bridgehead atoms. The van der Waals surface area contributed by atoms with Crippen LogP contribution in [0, 0.1) is 5.92 Å². The predicted octanol–water partition coefficient (Wildman–Crippen LogP) is 0.223. The van der Waals surface area contributed by atoms with Crippen LogP contribution in [-0.2, 0) is 19.1 Å². The Balaban J connectivity index is 2.50. The maximum Gasteiger partial charge on any atom is 0.328 e. The van der Waals surface area contributed by atoms with Gasteiger partial charge in [-0.05, 0) is 12.3 Å². The second-order valence-corrected chi connectivity index (χ2v) is 5.80. The van der Waals surface area contributed by atoms with Crippen molar-refractivity contribution in [1.29, 1.82) is 0 Å². The monoisotopic (exact) mass is 288 g/mol. The fourth-order valence-electron chi connectivity index (χ4n) is 1.78. The summed E-state index contributed by atoms with van der Waals surface area (Å²) in [5.74, 6) is 0.377. The molecule has 0 saturated carbocycles. The van der Waals surface area contributed by atoms with Crippen LogP contribution in [0.25, 0.3) is 0 Å². The van der Waals surface area contributed by atoms with Crippen LogP contribution in [0.3, 0.4) is 0 Å². The van der Waals surface area contributed by atoms with Crippen molar-refractivity contribution in [3.05, 3.63) is 0 Å². The van der Waals surface area contributed by atoms with Crippen molar-refractivity contribution < 1.29 is 19.1 Å². The molecule has 1 atom stereocenters. The van der Waals surface area contributed by atoms with E-state index < -0.39 is 12.0 Å². The molecule has 0 aromatic rings. The number of ether oxygens (including phenoxy) is 1. The molecule has 0 spiro atoms. The van der Waals surface area contributed by atoms with Crippen molar-refractivity contribution in [1.82, 2.24) is 10.2 Å². The van der Waals surface area contributed by atoms with Crippen LogP contribution in [0.2, 0.25) is 0 Å². The number of hydrogen-bond acceptors (Lipinski definition) is 5. The van der Waals surface area contributed by atoms with Crippen molar-refractivity contribution in [3.63, 3.8) is 0 Å². The van der Waals surface area contributed by atoms with E-state index in [-0.39, 0.29) is 24.3 Å². The van der Waals surface area contributed by atoms with Gasteiger partial charge in [0.05, 0.1) is 18.7 Å². The first kappa shape index (κ1) is 15.8. The summed E-state index contributed by atoms with van der Waals surface area (Å²) in [4.78, 5) is 36.3. The average Bonchev–Trinajstić information content (AvgIpc) is 2.72. The van der Waals surface area contributed by atoms with Crippen LogP contribution in [0.4, 0.5) is 0 Å². The first-order valence-electron chi connectivity index (χ1n) is 6.16. The molecule has 6 nitrogen and oxygen atoms in total. The highest BCUT2D eigenvalue weighted by atomic mass is 32.2. The zero-order chi connectivity index (χ0) is 14.4. The van der Waals surface area contributed by atoms with Gasteiger partial charge in [0.1, 0.15) is 12.6 Å². The van der Waals surface area contributed by atoms with Gasteiger partial charge in [-0.2, -0.15) is 0 Å². The molecule has 0 aromatic carbocycles. The Morgan fingerprint density at radius 2 is 2.16 bits per heavy atom. The number of nitrogens with one attached hydrogen (secondary N) is 1. The van der Waals surface area contributed by atoms with Crippen LogP contribution in [0.5, 0.6) is 0 Å². The molecule has 7 heteroatoms. The van der Waals surface area contributed by atoms with Crippen LogP contribution < -0.4 is 5.32 Å². The van der Waals surface area contributed by atoms with Gasteiger partial charge >= 0.3 is 5.97 Å². The molecule has 19 heavy (non-hydrogen) atoms. The van der Waals surface area contributed by atoms with Crippen molar-refractivity contribution in [3.8, 4) is 0 Å². The third kappa shape index (κ3) is 5.10. The quantitative estimate of drug-likeness (QED) is 0.708. The highest BCUT2D eigenvalue weighted by molar-refractivity contribution is 8.00. The van der Waals surface area contributed by atoms with Gasteiger partial charge < -0.3 is 15.0 Å². The SMILES string of the molecule is COC(=O)[C@@H](CC(C)C)NC(=O)CN1CSCC1=O. The van der Waals surface area contributed by atoms with E-state index in [0.717, 1.165) is 0 Å². The zero-order valence-electron chi connectivity index (χ0n) is 11.5. The minimum atomic E-state index is -0.650. The Kier molecular flexibility index (Phi) is 6.14. The molecule has 1 rings (SSSR count). The number of thioether (sulfide) groups is 1. The minimum absolute atomic E-state index is 0.00256. The minimum Gasteiger partial charge on any atom is -0.467 e. The van der Waals surface area contributed by atoms with Crippen molar-refractivity contribution >= 4 is 29.5 Å². The fraction of sp³-hybridized carbons (Fsp3) is 0.750. The number of nitrogens with zero attached hydrogens (tertiary/aromatic N) is 1. The Hall–Kier alpha value is -1.24. The summed E-state index contributed by atoms with van der Waals surface area (Å²) < 4.78 is 4.67. The molecule has 1 aliphatic rings. The highest BCUT2D eigenvalue weighted by Crippen LogP contribution is 2.14. The number of carbonyl (C=O) groups is 3. The van der Waals surface area contributed by atoms with E-state index >= 15 is 0 Å². The van der Waals surface area contributed by atoms with Gasteiger partial charge in [0.2, 0.25) is 11.8 Å². The number of methoxy groups -OCH3 is 1. The molecule has 1 saturated heterocycles. The Morgan fingerprint density at radius 3 is 2.63 bits per heavy atom. The molecule has 0 aromatic heterocycles. The van der Waals surface area contributed by atoms with E-state index in [1.165, 1.54) is 23.8 Å². The number of esters is 1. The van der Waals surface area contributed by atoms with Gasteiger partial charge in [-0.15, -0.1) is 11.8 Å². The molecule has 1 fully saturated rings. The lowest BCUT2D eigenvalue weighted by Gasteiger charge is -2.20. The zero-order valence-corrected chi connectivity index (χ0v) is 12.3. The van der Waals surface area contributed by atoms with Crippen LogP contribution in [0.1, 0.15) is 20.3 Å². The third-order valence-corrected chi connectivity index (χ3v) is 3.63. The molecule has 2 amide bonds. The third-order valence-electron chi connectivity index (χ3n) is 2.69. The second kappa shape index (κ2) is 7.37. The molecular formula is C12H20N2O4S. The van der Waals surface area contributed by atoms with Crippen molar-refractivity contribution in [2.45, 2.75) is 26.3 Å². The lowest BCUT2D eigenvalue weighted by Crippen LogP contribution is -2.46. The largest absolute Gasteiger partial charge is 0.467 e. The molecule has 0 radical (unpaired) electrons. The molecular weight excluding hydrogens is 268 g/mol. The maximum atomic E-state index is 11.8. The summed E-state index contributed by atoms with van der Waals surface area (Å²) in [6, 6.07) is -0.650. The number of amides is 2. The molecule has 0 aliphatic carbocycles. The molecule has 108 valence electrons. The topological polar surface area (TPSA) is 75.7 Å². The number of hydrogen-bond donors (Lipinski definition) is 1. The maximum absolute atomic E-state index is 11.8. The molecule has 1 N–H and O–H groups in total. The van der Waals surface area contributed by atoms with Gasteiger partial charge in [-0.1, -0.05) is 13.8 Å². The smallest absolute Gasteiger partial charge is 0.328 e. The summed E-state index contributed by atoms with van der Waals surface area (Å²) in [5.41, 5.74) is 0. The standard InChI is InChI=1S/C12H20N2O4S/c1-8(2)4-9(12(17)18-3)13-10(15)5-14-7-19-6-11(14)16/h8-9H,4-7H2,1-3H3,(H,13,15)/t9-/m1/s1. The number of rotatable bonds is 6. The molecule has 0 unspecified atom stereocenters. The van der Waals surface area contributed by atoms with E-state index in [1.54, 1.807) is 0 Å². The van der Waals surface area contributed by atoms with Gasteiger partial charge in [0.25, 0.3) is 0 Å². The molecule has 1 aliphatic heterocycles. The van der Waals surface area contributed by atoms with Crippen LogP contribution in [-0.4, -0.2) is 54.0 Å². The summed E-state index contributed by atoms with van der Waals surface area (Å²) >= 11 is 1.48. The van der Waals surface area contributed by atoms with Gasteiger partial charge in [-0.25, -0.2) is 4.79 Å². The fourth-order valence-corrected chi connectivity index (χ4v) is 2.69. The van der Waals surface area contributed by atoms with E-state index in [1.807, 2.05) is 13.8 Å². The van der Waals surface area contributed by atoms with Crippen LogP contribution in [0.15, 0.2) is 0 Å². The summed E-state index contributed by atoms with van der Waals surface area (Å²) in [5, 5.41) is 2.63. The Labute approximate surface area is 117 Å². The van der Waals surface area contributed by atoms with Crippen molar-refractivity contribution in [2.75, 3.05) is 25.3 Å².